The summed E-state index contributed by atoms with van der Waals surface area (Å²) >= 11 is 0. The van der Waals surface area contributed by atoms with Crippen LogP contribution in [0.5, 0.6) is 0 Å². The molecule has 0 spiro atoms. The standard InChI is InChI=1S/C39H68N2O6/c1-24(2)14-13-15-28(36(45)41-21-12-10-9-11-20-40)34-30-22-31(44)35-37(6)18-17-32(46-26(4)42)25(3)29(37)16-19-38(35,7)39(30,8)23-33(34)47-27(5)43/h24-25,28-35,44H,9-23,40H2,1-8H3,(H,41,45)/t25-,28-,29?,30?,31+,32+,33-,34-,35?,37-,38-,39-/m0/s1. The molecule has 12 atom stereocenters. The third-order valence-corrected chi connectivity index (χ3v) is 14.1. The van der Waals surface area contributed by atoms with Crippen molar-refractivity contribution in [2.75, 3.05) is 13.1 Å². The monoisotopic (exact) mass is 661 g/mol. The van der Waals surface area contributed by atoms with Crippen LogP contribution < -0.4 is 11.1 Å². The molecule has 47 heavy (non-hydrogen) atoms. The zero-order valence-corrected chi connectivity index (χ0v) is 30.9. The van der Waals surface area contributed by atoms with E-state index in [2.05, 4.69) is 46.9 Å². The Hall–Kier alpha value is -1.67. The van der Waals surface area contributed by atoms with E-state index in [1.165, 1.54) is 13.8 Å². The molecule has 4 fully saturated rings. The lowest BCUT2D eigenvalue weighted by molar-refractivity contribution is -0.241. The molecule has 8 nitrogen and oxygen atoms in total. The number of aliphatic hydroxyl groups is 1. The molecule has 0 aromatic carbocycles. The summed E-state index contributed by atoms with van der Waals surface area (Å²) in [7, 11) is 0. The van der Waals surface area contributed by atoms with Gasteiger partial charge in [-0.2, -0.15) is 0 Å². The number of unbranched alkanes of at least 4 members (excludes halogenated alkanes) is 3. The number of esters is 2. The van der Waals surface area contributed by atoms with Gasteiger partial charge in [-0.25, -0.2) is 0 Å². The molecule has 3 unspecified atom stereocenters. The van der Waals surface area contributed by atoms with Crippen molar-refractivity contribution < 1.29 is 29.0 Å². The Morgan fingerprint density at radius 3 is 2.17 bits per heavy atom. The van der Waals surface area contributed by atoms with Crippen LogP contribution >= 0.6 is 0 Å². The maximum atomic E-state index is 14.2. The van der Waals surface area contributed by atoms with Crippen LogP contribution in [-0.2, 0) is 23.9 Å². The molecule has 0 bridgehead atoms. The maximum absolute atomic E-state index is 14.2. The van der Waals surface area contributed by atoms with E-state index in [9.17, 15) is 19.5 Å². The Morgan fingerprint density at radius 1 is 0.872 bits per heavy atom. The van der Waals surface area contributed by atoms with Gasteiger partial charge in [0.2, 0.25) is 5.91 Å². The number of carbonyl (C=O) groups excluding carboxylic acids is 3. The van der Waals surface area contributed by atoms with Crippen molar-refractivity contribution in [1.82, 2.24) is 5.32 Å². The van der Waals surface area contributed by atoms with Gasteiger partial charge in [0, 0.05) is 32.2 Å². The second-order valence-corrected chi connectivity index (χ2v) is 17.3. The molecule has 270 valence electrons. The minimum absolute atomic E-state index is 0.0670. The summed E-state index contributed by atoms with van der Waals surface area (Å²) in [6.07, 6.45) is 10.9. The lowest BCUT2D eigenvalue weighted by Gasteiger charge is -2.69. The summed E-state index contributed by atoms with van der Waals surface area (Å²) in [5, 5.41) is 15.6. The van der Waals surface area contributed by atoms with Gasteiger partial charge in [-0.15, -0.1) is 0 Å². The molecule has 0 radical (unpaired) electrons. The maximum Gasteiger partial charge on any atom is 0.302 e. The van der Waals surface area contributed by atoms with E-state index in [-0.39, 0.29) is 75.9 Å². The molecule has 0 heterocycles. The zero-order valence-electron chi connectivity index (χ0n) is 30.9. The van der Waals surface area contributed by atoms with Crippen LogP contribution in [0.15, 0.2) is 0 Å². The van der Waals surface area contributed by atoms with Gasteiger partial charge in [-0.1, -0.05) is 67.2 Å². The fraction of sp³-hybridized carbons (Fsp3) is 0.923. The van der Waals surface area contributed by atoms with Crippen LogP contribution in [0.3, 0.4) is 0 Å². The summed E-state index contributed by atoms with van der Waals surface area (Å²) in [4.78, 5) is 38.7. The van der Waals surface area contributed by atoms with Crippen LogP contribution in [0, 0.1) is 57.7 Å². The van der Waals surface area contributed by atoms with Gasteiger partial charge in [0.25, 0.3) is 0 Å². The normalized spacial score (nSPS) is 40.1. The average Bonchev–Trinajstić information content (AvgIpc) is 3.25. The molecule has 0 aliphatic heterocycles. The van der Waals surface area contributed by atoms with Crippen molar-refractivity contribution in [2.45, 2.75) is 157 Å². The van der Waals surface area contributed by atoms with Gasteiger partial charge in [-0.05, 0) is 110 Å². The van der Waals surface area contributed by atoms with Crippen LogP contribution in [0.1, 0.15) is 139 Å². The molecular formula is C39H68N2O6. The topological polar surface area (TPSA) is 128 Å². The van der Waals surface area contributed by atoms with Crippen LogP contribution in [0.2, 0.25) is 0 Å². The Balaban J connectivity index is 1.66. The molecule has 4 aliphatic carbocycles. The Bertz CT molecular complexity index is 1100. The molecular weight excluding hydrogens is 592 g/mol. The molecule has 1 amide bonds. The first kappa shape index (κ1) is 38.1. The van der Waals surface area contributed by atoms with E-state index in [0.717, 1.165) is 77.0 Å². The number of fused-ring (bicyclic) bond motifs is 5. The number of rotatable bonds is 14. The number of ether oxygens (including phenoxy) is 2. The van der Waals surface area contributed by atoms with Crippen LogP contribution in [-0.4, -0.2) is 54.4 Å². The van der Waals surface area contributed by atoms with E-state index in [1.54, 1.807) is 0 Å². The van der Waals surface area contributed by atoms with Gasteiger partial charge in [0.1, 0.15) is 12.2 Å². The summed E-state index contributed by atoms with van der Waals surface area (Å²) in [5.41, 5.74) is 5.18. The Kier molecular flexibility index (Phi) is 12.6. The second-order valence-electron chi connectivity index (χ2n) is 17.3. The van der Waals surface area contributed by atoms with Gasteiger partial charge in [0.05, 0.1) is 6.10 Å². The predicted molar refractivity (Wildman–Crippen MR) is 185 cm³/mol. The number of aliphatic hydroxyl groups excluding tert-OH is 1. The SMILES string of the molecule is CC(=O)O[C@H]1C[C@@]2(C)C(C[C@@H](O)C3[C@@]4(C)CC[C@@H](OC(C)=O)[C@@H](C)C4CC[C@@]32C)[C@@H]1[C@H](CCCC(C)C)C(=O)NCCCCCCN. The van der Waals surface area contributed by atoms with Crippen molar-refractivity contribution in [2.24, 2.45) is 63.4 Å². The molecule has 0 saturated heterocycles. The van der Waals surface area contributed by atoms with Gasteiger partial charge >= 0.3 is 11.9 Å². The van der Waals surface area contributed by atoms with E-state index >= 15 is 0 Å². The average molecular weight is 661 g/mol. The lowest BCUT2D eigenvalue weighted by atomic mass is 9.36. The van der Waals surface area contributed by atoms with Gasteiger partial charge < -0.3 is 25.6 Å². The molecule has 8 heteroatoms. The van der Waals surface area contributed by atoms with Gasteiger partial charge in [-0.3, -0.25) is 14.4 Å². The Morgan fingerprint density at radius 2 is 1.53 bits per heavy atom. The molecule has 4 saturated carbocycles. The minimum atomic E-state index is -0.510. The molecule has 4 aliphatic rings. The molecule has 0 aromatic rings. The first-order valence-corrected chi connectivity index (χ1v) is 19.1. The van der Waals surface area contributed by atoms with E-state index in [1.807, 2.05) is 0 Å². The van der Waals surface area contributed by atoms with Gasteiger partial charge in [0.15, 0.2) is 0 Å². The third kappa shape index (κ3) is 7.59. The number of hydrogen-bond acceptors (Lipinski definition) is 7. The summed E-state index contributed by atoms with van der Waals surface area (Å²) in [6.45, 7) is 18.2. The van der Waals surface area contributed by atoms with E-state index in [0.29, 0.717) is 31.3 Å². The number of carbonyl (C=O) groups is 3. The number of nitrogens with two attached hydrogens (primary N) is 1. The van der Waals surface area contributed by atoms with Crippen molar-refractivity contribution >= 4 is 17.8 Å². The first-order valence-electron chi connectivity index (χ1n) is 19.1. The quantitative estimate of drug-likeness (QED) is 0.138. The summed E-state index contributed by atoms with van der Waals surface area (Å²) in [5.74, 6) is 0.441. The Labute approximate surface area is 285 Å². The fourth-order valence-corrected chi connectivity index (χ4v) is 11.9. The van der Waals surface area contributed by atoms with E-state index in [4.69, 9.17) is 15.2 Å². The van der Waals surface area contributed by atoms with Crippen LogP contribution in [0.25, 0.3) is 0 Å². The number of nitrogens with one attached hydrogen (secondary N) is 1. The highest BCUT2D eigenvalue weighted by Crippen LogP contribution is 2.75. The molecule has 0 aromatic heterocycles. The molecule has 4 N–H and O–H groups in total. The largest absolute Gasteiger partial charge is 0.462 e. The highest BCUT2D eigenvalue weighted by atomic mass is 16.5. The lowest BCUT2D eigenvalue weighted by Crippen LogP contribution is -2.66. The number of hydrogen-bond donors (Lipinski definition) is 3. The predicted octanol–water partition coefficient (Wildman–Crippen LogP) is 6.80. The number of amides is 1. The van der Waals surface area contributed by atoms with Crippen molar-refractivity contribution in [3.63, 3.8) is 0 Å². The van der Waals surface area contributed by atoms with E-state index < -0.39 is 6.10 Å². The summed E-state index contributed by atoms with van der Waals surface area (Å²) < 4.78 is 12.0. The zero-order chi connectivity index (χ0) is 34.7. The molecule has 4 rings (SSSR count). The fourth-order valence-electron chi connectivity index (χ4n) is 11.9. The third-order valence-electron chi connectivity index (χ3n) is 14.1. The van der Waals surface area contributed by atoms with Crippen molar-refractivity contribution in [3.8, 4) is 0 Å². The van der Waals surface area contributed by atoms with Crippen molar-refractivity contribution in [1.29, 1.82) is 0 Å². The highest BCUT2D eigenvalue weighted by molar-refractivity contribution is 5.79. The highest BCUT2D eigenvalue weighted by Gasteiger charge is 2.72. The first-order chi connectivity index (χ1) is 22.1. The second kappa shape index (κ2) is 15.5. The summed E-state index contributed by atoms with van der Waals surface area (Å²) in [6, 6.07) is 0. The van der Waals surface area contributed by atoms with Crippen molar-refractivity contribution in [3.05, 3.63) is 0 Å². The minimum Gasteiger partial charge on any atom is -0.462 e. The smallest absolute Gasteiger partial charge is 0.302 e. The van der Waals surface area contributed by atoms with Crippen LogP contribution in [0.4, 0.5) is 0 Å².